The largest absolute Gasteiger partial charge is 0.496 e. The van der Waals surface area contributed by atoms with E-state index >= 15 is 0 Å². The fraction of sp³-hybridized carbons (Fsp3) is 0.250. The molecule has 1 aromatic carbocycles. The molecule has 71 valence electrons. The Morgan fingerprint density at radius 1 is 1.46 bits per heavy atom. The van der Waals surface area contributed by atoms with Crippen molar-refractivity contribution < 1.29 is 17.9 Å². The van der Waals surface area contributed by atoms with Crippen molar-refractivity contribution in [1.29, 1.82) is 0 Å². The van der Waals surface area contributed by atoms with Crippen LogP contribution in [0.2, 0.25) is 5.02 Å². The first kappa shape index (κ1) is 10.2. The molecule has 1 aromatic rings. The number of hydrogen-bond donors (Lipinski definition) is 0. The summed E-state index contributed by atoms with van der Waals surface area (Å²) in [7, 11) is 1.15. The lowest BCUT2D eigenvalue weighted by Gasteiger charge is -2.12. The third kappa shape index (κ3) is 2.06. The third-order valence-electron chi connectivity index (χ3n) is 1.41. The van der Waals surface area contributed by atoms with Gasteiger partial charge >= 0.3 is 6.18 Å². The molecule has 0 amide bonds. The molecule has 0 atom stereocenters. The van der Waals surface area contributed by atoms with Crippen LogP contribution in [-0.2, 0) is 6.18 Å². The van der Waals surface area contributed by atoms with E-state index in [1.54, 1.807) is 0 Å². The molecule has 0 saturated carbocycles. The molecule has 0 aliphatic rings. The lowest BCUT2D eigenvalue weighted by atomic mass is 10.2. The van der Waals surface area contributed by atoms with Gasteiger partial charge in [0.25, 0.3) is 0 Å². The van der Waals surface area contributed by atoms with Crippen LogP contribution in [-0.4, -0.2) is 7.11 Å². The van der Waals surface area contributed by atoms with E-state index < -0.39 is 16.8 Å². The molecule has 13 heavy (non-hydrogen) atoms. The van der Waals surface area contributed by atoms with Gasteiger partial charge in [-0.15, -0.1) is 0 Å². The van der Waals surface area contributed by atoms with Crippen molar-refractivity contribution in [3.63, 3.8) is 0 Å². The number of ether oxygens (including phenoxy) is 1. The average molecular weight is 210 g/mol. The summed E-state index contributed by atoms with van der Waals surface area (Å²) in [5.74, 6) is -0.295. The molecule has 0 aromatic heterocycles. The highest BCUT2D eigenvalue weighted by Gasteiger charge is 2.36. The second-order valence-corrected chi connectivity index (χ2v) is 2.61. The molecule has 0 N–H and O–H groups in total. The van der Waals surface area contributed by atoms with Gasteiger partial charge in [0, 0.05) is 6.07 Å². The molecule has 0 spiro atoms. The van der Waals surface area contributed by atoms with Crippen LogP contribution in [0.5, 0.6) is 5.75 Å². The lowest BCUT2D eigenvalue weighted by molar-refractivity contribution is -0.138. The molecule has 0 unspecified atom stereocenters. The summed E-state index contributed by atoms with van der Waals surface area (Å²) in [5.41, 5.74) is -0.987. The summed E-state index contributed by atoms with van der Waals surface area (Å²) in [6.45, 7) is 0. The Morgan fingerprint density at radius 3 is 2.46 bits per heavy atom. The Morgan fingerprint density at radius 2 is 2.08 bits per heavy atom. The molecule has 0 bridgehead atoms. The van der Waals surface area contributed by atoms with Crippen molar-refractivity contribution >= 4 is 11.6 Å². The first-order valence-corrected chi connectivity index (χ1v) is 3.66. The Hall–Kier alpha value is -0.900. The van der Waals surface area contributed by atoms with E-state index in [2.05, 4.69) is 10.8 Å². The highest BCUT2D eigenvalue weighted by Crippen LogP contribution is 2.40. The van der Waals surface area contributed by atoms with Crippen LogP contribution in [0.15, 0.2) is 12.1 Å². The second kappa shape index (κ2) is 3.46. The third-order valence-corrected chi connectivity index (χ3v) is 1.71. The van der Waals surface area contributed by atoms with Crippen molar-refractivity contribution in [2.24, 2.45) is 0 Å². The van der Waals surface area contributed by atoms with Crippen LogP contribution in [0.25, 0.3) is 0 Å². The molecule has 1 radical (unpaired) electrons. The zero-order chi connectivity index (χ0) is 10.1. The maximum absolute atomic E-state index is 12.3. The van der Waals surface area contributed by atoms with Gasteiger partial charge in [0.05, 0.1) is 12.1 Å². The van der Waals surface area contributed by atoms with E-state index in [1.165, 1.54) is 6.07 Å². The highest BCUT2D eigenvalue weighted by atomic mass is 35.5. The summed E-state index contributed by atoms with van der Waals surface area (Å²) in [6.07, 6.45) is -4.51. The SMILES string of the molecule is COc1cc[c]c(Cl)c1C(F)(F)F. The zero-order valence-electron chi connectivity index (χ0n) is 6.57. The van der Waals surface area contributed by atoms with Gasteiger partial charge in [0.1, 0.15) is 11.3 Å². The smallest absolute Gasteiger partial charge is 0.421 e. The predicted molar refractivity (Wildman–Crippen MR) is 41.8 cm³/mol. The molecule has 1 nitrogen and oxygen atoms in total. The fourth-order valence-electron chi connectivity index (χ4n) is 0.888. The predicted octanol–water partition coefficient (Wildman–Crippen LogP) is 3.17. The van der Waals surface area contributed by atoms with Gasteiger partial charge in [-0.25, -0.2) is 0 Å². The Labute approximate surface area is 78.1 Å². The number of halogens is 4. The molecule has 0 fully saturated rings. The molecule has 5 heteroatoms. The van der Waals surface area contributed by atoms with Gasteiger partial charge in [-0.3, -0.25) is 0 Å². The topological polar surface area (TPSA) is 9.23 Å². The van der Waals surface area contributed by atoms with Crippen LogP contribution in [0, 0.1) is 6.07 Å². The van der Waals surface area contributed by atoms with Gasteiger partial charge in [-0.05, 0) is 12.1 Å². The zero-order valence-corrected chi connectivity index (χ0v) is 7.33. The monoisotopic (exact) mass is 209 g/mol. The lowest BCUT2D eigenvalue weighted by Crippen LogP contribution is -2.08. The van der Waals surface area contributed by atoms with Gasteiger partial charge < -0.3 is 4.74 Å². The van der Waals surface area contributed by atoms with Crippen molar-refractivity contribution in [2.45, 2.75) is 6.18 Å². The summed E-state index contributed by atoms with van der Waals surface area (Å²) < 4.78 is 41.5. The van der Waals surface area contributed by atoms with Crippen molar-refractivity contribution in [3.8, 4) is 5.75 Å². The standard InChI is InChI=1S/C8H5ClF3O/c1-13-6-4-2-3-5(9)7(6)8(10,11)12/h2,4H,1H3. The molecule has 0 saturated heterocycles. The van der Waals surface area contributed by atoms with E-state index in [1.807, 2.05) is 0 Å². The fourth-order valence-corrected chi connectivity index (χ4v) is 1.15. The molecule has 0 aliphatic carbocycles. The van der Waals surface area contributed by atoms with Gasteiger partial charge in [0.15, 0.2) is 0 Å². The first-order valence-electron chi connectivity index (χ1n) is 3.28. The van der Waals surface area contributed by atoms with Gasteiger partial charge in [0.2, 0.25) is 0 Å². The Balaban J connectivity index is 3.32. The van der Waals surface area contributed by atoms with Gasteiger partial charge in [-0.2, -0.15) is 13.2 Å². The van der Waals surface area contributed by atoms with Crippen molar-refractivity contribution in [1.82, 2.24) is 0 Å². The summed E-state index contributed by atoms with van der Waals surface area (Å²) in [6, 6.07) is 4.68. The molecule has 1 rings (SSSR count). The normalized spacial score (nSPS) is 11.5. The van der Waals surface area contributed by atoms with Crippen molar-refractivity contribution in [2.75, 3.05) is 7.11 Å². The van der Waals surface area contributed by atoms with Crippen LogP contribution in [0.3, 0.4) is 0 Å². The van der Waals surface area contributed by atoms with Crippen LogP contribution in [0.1, 0.15) is 5.56 Å². The first-order chi connectivity index (χ1) is 5.96. The minimum absolute atomic E-state index is 0.295. The number of alkyl halides is 3. The maximum Gasteiger partial charge on any atom is 0.421 e. The molecule has 0 aliphatic heterocycles. The Bertz CT molecular complexity index is 309. The minimum Gasteiger partial charge on any atom is -0.496 e. The molecular weight excluding hydrogens is 205 g/mol. The van der Waals surface area contributed by atoms with Crippen LogP contribution >= 0.6 is 11.6 Å². The maximum atomic E-state index is 12.3. The van der Waals surface area contributed by atoms with Crippen LogP contribution in [0.4, 0.5) is 13.2 Å². The second-order valence-electron chi connectivity index (χ2n) is 2.23. The number of methoxy groups -OCH3 is 1. The van der Waals surface area contributed by atoms with E-state index in [4.69, 9.17) is 11.6 Å². The van der Waals surface area contributed by atoms with E-state index in [9.17, 15) is 13.2 Å². The van der Waals surface area contributed by atoms with Gasteiger partial charge in [-0.1, -0.05) is 11.6 Å². The summed E-state index contributed by atoms with van der Waals surface area (Å²) in [5, 5.41) is -0.480. The summed E-state index contributed by atoms with van der Waals surface area (Å²) >= 11 is 5.34. The van der Waals surface area contributed by atoms with Crippen LogP contribution < -0.4 is 4.74 Å². The number of rotatable bonds is 1. The Kier molecular flexibility index (Phi) is 2.71. The van der Waals surface area contributed by atoms with E-state index in [0.29, 0.717) is 0 Å². The van der Waals surface area contributed by atoms with E-state index in [-0.39, 0.29) is 5.75 Å². The number of benzene rings is 1. The highest BCUT2D eigenvalue weighted by molar-refractivity contribution is 6.31. The number of hydrogen-bond acceptors (Lipinski definition) is 1. The van der Waals surface area contributed by atoms with E-state index in [0.717, 1.165) is 13.2 Å². The molecule has 0 heterocycles. The summed E-state index contributed by atoms with van der Waals surface area (Å²) in [4.78, 5) is 0. The van der Waals surface area contributed by atoms with Crippen molar-refractivity contribution in [3.05, 3.63) is 28.8 Å². The average Bonchev–Trinajstić information content (AvgIpc) is 2.01. The quantitative estimate of drug-likeness (QED) is 0.690. The molecular formula is C8H5ClF3O. The minimum atomic E-state index is -4.51.